The second-order valence-corrected chi connectivity index (χ2v) is 5.59. The van der Waals surface area contributed by atoms with Gasteiger partial charge in [0.05, 0.1) is 0 Å². The summed E-state index contributed by atoms with van der Waals surface area (Å²) in [5, 5.41) is 3.08. The smallest absolute Gasteiger partial charge is 0.314 e. The van der Waals surface area contributed by atoms with Gasteiger partial charge in [0.1, 0.15) is 6.04 Å². The molecule has 102 valence electrons. The number of aryl methyl sites for hydroxylation is 1. The zero-order chi connectivity index (χ0) is 13.2. The molecule has 1 aromatic heterocycles. The van der Waals surface area contributed by atoms with Crippen LogP contribution in [0.2, 0.25) is 0 Å². The fraction of sp³-hybridized carbons (Fsp3) is 0.667. The molecule has 0 aromatic carbocycles. The van der Waals surface area contributed by atoms with E-state index in [-0.39, 0.29) is 0 Å². The molecule has 18 heavy (non-hydrogen) atoms. The molecule has 0 amide bonds. The van der Waals surface area contributed by atoms with E-state index in [4.69, 9.17) is 0 Å². The van der Waals surface area contributed by atoms with Crippen LogP contribution >= 0.6 is 11.3 Å². The zero-order valence-corrected chi connectivity index (χ0v) is 11.1. The van der Waals surface area contributed by atoms with Crippen molar-refractivity contribution in [2.75, 3.05) is 26.2 Å². The maximum absolute atomic E-state index is 13.2. The first-order chi connectivity index (χ1) is 8.52. The van der Waals surface area contributed by atoms with Gasteiger partial charge in [-0.05, 0) is 18.6 Å². The fourth-order valence-electron chi connectivity index (χ4n) is 2.22. The molecule has 0 aliphatic carbocycles. The van der Waals surface area contributed by atoms with E-state index in [0.717, 1.165) is 11.3 Å². The number of hydrogen-bond acceptors (Lipinski definition) is 3. The van der Waals surface area contributed by atoms with E-state index in [1.165, 1.54) is 16.2 Å². The summed E-state index contributed by atoms with van der Waals surface area (Å²) in [7, 11) is 0. The van der Waals surface area contributed by atoms with Crippen molar-refractivity contribution in [1.29, 1.82) is 0 Å². The number of hydrogen-bond donors (Lipinski definition) is 1. The zero-order valence-electron chi connectivity index (χ0n) is 10.3. The van der Waals surface area contributed by atoms with Gasteiger partial charge in [-0.2, -0.15) is 13.2 Å². The summed E-state index contributed by atoms with van der Waals surface area (Å²) >= 11 is 1.28. The van der Waals surface area contributed by atoms with Crippen molar-refractivity contribution >= 4 is 11.3 Å². The highest BCUT2D eigenvalue weighted by Gasteiger charge is 2.45. The molecule has 0 radical (unpaired) electrons. The summed E-state index contributed by atoms with van der Waals surface area (Å²) in [5.74, 6) is 0. The van der Waals surface area contributed by atoms with Crippen LogP contribution in [-0.2, 0) is 6.42 Å². The highest BCUT2D eigenvalue weighted by molar-refractivity contribution is 7.12. The minimum absolute atomic E-state index is 0.418. The monoisotopic (exact) mass is 278 g/mol. The van der Waals surface area contributed by atoms with Crippen LogP contribution in [0.15, 0.2) is 12.1 Å². The minimum Gasteiger partial charge on any atom is -0.314 e. The van der Waals surface area contributed by atoms with Gasteiger partial charge in [-0.3, -0.25) is 4.90 Å². The molecule has 1 atom stereocenters. The van der Waals surface area contributed by atoms with Crippen molar-refractivity contribution in [2.24, 2.45) is 0 Å². The Kier molecular flexibility index (Phi) is 4.29. The highest BCUT2D eigenvalue weighted by atomic mass is 32.1. The Bertz CT molecular complexity index is 383. The lowest BCUT2D eigenvalue weighted by Crippen LogP contribution is -2.48. The third kappa shape index (κ3) is 3.05. The molecule has 2 rings (SSSR count). The Morgan fingerprint density at radius 2 is 2.00 bits per heavy atom. The van der Waals surface area contributed by atoms with Gasteiger partial charge in [-0.15, -0.1) is 11.3 Å². The molecule has 1 saturated heterocycles. The Morgan fingerprint density at radius 3 is 2.50 bits per heavy atom. The van der Waals surface area contributed by atoms with Crippen molar-refractivity contribution in [3.8, 4) is 0 Å². The number of nitrogens with one attached hydrogen (secondary N) is 1. The van der Waals surface area contributed by atoms with Gasteiger partial charge in [-0.25, -0.2) is 0 Å². The average Bonchev–Trinajstić information content (AvgIpc) is 2.77. The molecule has 1 N–H and O–H groups in total. The summed E-state index contributed by atoms with van der Waals surface area (Å²) in [6.07, 6.45) is -3.41. The SMILES string of the molecule is CCc1ccc([C@H](N2CCNCC2)C(F)(F)F)s1. The second-order valence-electron chi connectivity index (χ2n) is 4.39. The van der Waals surface area contributed by atoms with E-state index in [0.29, 0.717) is 31.1 Å². The number of halogens is 3. The standard InChI is InChI=1S/C12H17F3N2S/c1-2-9-3-4-10(18-9)11(12(13,14)15)17-7-5-16-6-8-17/h3-4,11,16H,2,5-8H2,1H3/t11-/m0/s1. The fourth-order valence-corrected chi connectivity index (χ4v) is 3.33. The minimum atomic E-state index is -4.20. The summed E-state index contributed by atoms with van der Waals surface area (Å²) < 4.78 is 39.7. The maximum Gasteiger partial charge on any atom is 0.408 e. The number of thiophene rings is 1. The van der Waals surface area contributed by atoms with Crippen molar-refractivity contribution in [1.82, 2.24) is 10.2 Å². The molecule has 2 nitrogen and oxygen atoms in total. The van der Waals surface area contributed by atoms with Crippen LogP contribution in [0.25, 0.3) is 0 Å². The Balaban J connectivity index is 2.24. The molecule has 1 aliphatic heterocycles. The molecule has 2 heterocycles. The molecule has 0 saturated carbocycles. The Hall–Kier alpha value is -0.590. The first-order valence-corrected chi connectivity index (χ1v) is 6.94. The van der Waals surface area contributed by atoms with Gasteiger partial charge in [0.25, 0.3) is 0 Å². The van der Waals surface area contributed by atoms with E-state index in [1.54, 1.807) is 12.1 Å². The van der Waals surface area contributed by atoms with Crippen LogP contribution in [0.1, 0.15) is 22.7 Å². The number of alkyl halides is 3. The largest absolute Gasteiger partial charge is 0.408 e. The Labute approximate surface area is 109 Å². The van der Waals surface area contributed by atoms with Gasteiger partial charge in [0.15, 0.2) is 0 Å². The topological polar surface area (TPSA) is 15.3 Å². The van der Waals surface area contributed by atoms with Gasteiger partial charge < -0.3 is 5.32 Å². The lowest BCUT2D eigenvalue weighted by molar-refractivity contribution is -0.186. The van der Waals surface area contributed by atoms with Crippen LogP contribution in [0.5, 0.6) is 0 Å². The molecular formula is C12H17F3N2S. The van der Waals surface area contributed by atoms with E-state index >= 15 is 0 Å². The van der Waals surface area contributed by atoms with E-state index < -0.39 is 12.2 Å². The van der Waals surface area contributed by atoms with Crippen LogP contribution in [0.3, 0.4) is 0 Å². The van der Waals surface area contributed by atoms with E-state index in [1.807, 2.05) is 6.92 Å². The molecular weight excluding hydrogens is 261 g/mol. The van der Waals surface area contributed by atoms with Crippen molar-refractivity contribution in [3.05, 3.63) is 21.9 Å². The second kappa shape index (κ2) is 5.59. The van der Waals surface area contributed by atoms with Crippen molar-refractivity contribution in [3.63, 3.8) is 0 Å². The van der Waals surface area contributed by atoms with Gasteiger partial charge in [0.2, 0.25) is 0 Å². The van der Waals surface area contributed by atoms with Crippen LogP contribution in [0, 0.1) is 0 Å². The molecule has 0 bridgehead atoms. The lowest BCUT2D eigenvalue weighted by Gasteiger charge is -2.35. The normalized spacial score (nSPS) is 20.0. The van der Waals surface area contributed by atoms with Crippen molar-refractivity contribution < 1.29 is 13.2 Å². The molecule has 0 unspecified atom stereocenters. The molecule has 6 heteroatoms. The van der Waals surface area contributed by atoms with Gasteiger partial charge in [-0.1, -0.05) is 6.92 Å². The Morgan fingerprint density at radius 1 is 1.33 bits per heavy atom. The third-order valence-corrected chi connectivity index (χ3v) is 4.41. The van der Waals surface area contributed by atoms with Gasteiger partial charge in [0, 0.05) is 35.9 Å². The van der Waals surface area contributed by atoms with Gasteiger partial charge >= 0.3 is 6.18 Å². The van der Waals surface area contributed by atoms with E-state index in [2.05, 4.69) is 5.32 Å². The number of piperazine rings is 1. The maximum atomic E-state index is 13.2. The molecule has 0 spiro atoms. The van der Waals surface area contributed by atoms with Crippen LogP contribution < -0.4 is 5.32 Å². The first-order valence-electron chi connectivity index (χ1n) is 6.12. The quantitative estimate of drug-likeness (QED) is 0.914. The number of nitrogens with zero attached hydrogens (tertiary/aromatic N) is 1. The molecule has 1 fully saturated rings. The lowest BCUT2D eigenvalue weighted by atomic mass is 10.1. The summed E-state index contributed by atoms with van der Waals surface area (Å²) in [4.78, 5) is 2.96. The van der Waals surface area contributed by atoms with Crippen molar-refractivity contribution in [2.45, 2.75) is 25.6 Å². The van der Waals surface area contributed by atoms with E-state index in [9.17, 15) is 13.2 Å². The third-order valence-electron chi connectivity index (χ3n) is 3.13. The predicted molar refractivity (Wildman–Crippen MR) is 66.9 cm³/mol. The summed E-state index contributed by atoms with van der Waals surface area (Å²) in [6.45, 7) is 4.10. The summed E-state index contributed by atoms with van der Waals surface area (Å²) in [6, 6.07) is 2.00. The summed E-state index contributed by atoms with van der Waals surface area (Å²) in [5.41, 5.74) is 0. The first kappa shape index (κ1) is 13.8. The highest BCUT2D eigenvalue weighted by Crippen LogP contribution is 2.40. The predicted octanol–water partition coefficient (Wildman–Crippen LogP) is 2.82. The average molecular weight is 278 g/mol. The molecule has 1 aliphatic rings. The van der Waals surface area contributed by atoms with Crippen LogP contribution in [-0.4, -0.2) is 37.3 Å². The molecule has 1 aromatic rings. The van der Waals surface area contributed by atoms with Crippen LogP contribution in [0.4, 0.5) is 13.2 Å². The number of rotatable bonds is 3.